The number of methoxy groups -OCH3 is 1. The number of pyridine rings is 1. The first-order valence-electron chi connectivity index (χ1n) is 12.2. The number of rotatable bonds is 5. The van der Waals surface area contributed by atoms with Crippen LogP contribution in [0.25, 0.3) is 22.2 Å². The average molecular weight is 494 g/mol. The molecule has 1 fully saturated rings. The van der Waals surface area contributed by atoms with Gasteiger partial charge in [0.2, 0.25) is 0 Å². The highest BCUT2D eigenvalue weighted by Gasteiger charge is 2.25. The summed E-state index contributed by atoms with van der Waals surface area (Å²) in [5, 5.41) is 7.38. The molecule has 0 aliphatic heterocycles. The molecule has 0 saturated heterocycles. The molecule has 0 bridgehead atoms. The lowest BCUT2D eigenvalue weighted by molar-refractivity contribution is 0.0491. The van der Waals surface area contributed by atoms with Gasteiger partial charge in [0.05, 0.1) is 29.6 Å². The van der Waals surface area contributed by atoms with Gasteiger partial charge in [0, 0.05) is 23.0 Å². The molecule has 7 nitrogen and oxygen atoms in total. The number of anilines is 1. The minimum atomic E-state index is -0.531. The lowest BCUT2D eigenvalue weighted by Crippen LogP contribution is -2.42. The number of nitrogens with zero attached hydrogens (tertiary/aromatic N) is 1. The van der Waals surface area contributed by atoms with E-state index in [1.807, 2.05) is 26.8 Å². The predicted octanol–water partition coefficient (Wildman–Crippen LogP) is 6.08. The number of fused-ring (bicyclic) bond motifs is 1. The fraction of sp³-hybridized carbons (Fsp3) is 0.393. The molecule has 4 rings (SSSR count). The zero-order valence-electron chi connectivity index (χ0n) is 21.1. The lowest BCUT2D eigenvalue weighted by atomic mass is 9.91. The number of aromatic nitrogens is 1. The maximum absolute atomic E-state index is 13.6. The number of nitrogens with one attached hydrogen (secondary N) is 2. The highest BCUT2D eigenvalue weighted by Crippen LogP contribution is 2.33. The molecule has 0 unspecified atom stereocenters. The number of benzene rings is 2. The van der Waals surface area contributed by atoms with E-state index in [-0.39, 0.29) is 17.9 Å². The van der Waals surface area contributed by atoms with E-state index in [1.54, 1.807) is 30.3 Å². The van der Waals surface area contributed by atoms with E-state index >= 15 is 0 Å². The molecular formula is C28H32FN3O4. The van der Waals surface area contributed by atoms with Crippen molar-refractivity contribution in [2.75, 3.05) is 12.4 Å². The Hall–Kier alpha value is -3.68. The third kappa shape index (κ3) is 6.30. The van der Waals surface area contributed by atoms with E-state index in [1.165, 1.54) is 19.2 Å². The topological polar surface area (TPSA) is 89.5 Å². The van der Waals surface area contributed by atoms with Crippen molar-refractivity contribution in [3.8, 4) is 11.3 Å². The Labute approximate surface area is 210 Å². The first kappa shape index (κ1) is 25.4. The maximum Gasteiger partial charge on any atom is 0.407 e. The van der Waals surface area contributed by atoms with Crippen molar-refractivity contribution in [2.45, 2.75) is 64.1 Å². The summed E-state index contributed by atoms with van der Waals surface area (Å²) in [5.74, 6) is -0.725. The molecule has 1 amide bonds. The first-order chi connectivity index (χ1) is 17.1. The number of halogens is 1. The van der Waals surface area contributed by atoms with E-state index in [9.17, 15) is 14.0 Å². The number of esters is 1. The molecule has 0 spiro atoms. The van der Waals surface area contributed by atoms with E-state index in [2.05, 4.69) is 10.6 Å². The highest BCUT2D eigenvalue weighted by molar-refractivity contribution is 5.96. The Bertz CT molecular complexity index is 1250. The summed E-state index contributed by atoms with van der Waals surface area (Å²) in [4.78, 5) is 29.0. The molecule has 8 heteroatoms. The van der Waals surface area contributed by atoms with Gasteiger partial charge in [-0.15, -0.1) is 0 Å². The molecule has 0 radical (unpaired) electrons. The summed E-state index contributed by atoms with van der Waals surface area (Å²) in [6.07, 6.45) is 2.94. The third-order valence-electron chi connectivity index (χ3n) is 6.16. The van der Waals surface area contributed by atoms with Crippen LogP contribution in [-0.4, -0.2) is 41.8 Å². The molecular weight excluding hydrogens is 461 g/mol. The molecule has 1 aliphatic carbocycles. The van der Waals surface area contributed by atoms with Crippen LogP contribution in [0.4, 0.5) is 14.9 Å². The number of alkyl carbamates (subject to hydrolysis) is 1. The van der Waals surface area contributed by atoms with Crippen LogP contribution >= 0.6 is 0 Å². The second kappa shape index (κ2) is 10.5. The molecule has 2 aromatic carbocycles. The second-order valence-electron chi connectivity index (χ2n) is 10.1. The van der Waals surface area contributed by atoms with E-state index < -0.39 is 17.7 Å². The van der Waals surface area contributed by atoms with Crippen molar-refractivity contribution in [1.29, 1.82) is 0 Å². The van der Waals surface area contributed by atoms with E-state index in [4.69, 9.17) is 14.5 Å². The first-order valence-corrected chi connectivity index (χ1v) is 12.2. The van der Waals surface area contributed by atoms with E-state index in [0.29, 0.717) is 11.3 Å². The number of ether oxygens (including phenoxy) is 2. The fourth-order valence-corrected chi connectivity index (χ4v) is 4.44. The minimum Gasteiger partial charge on any atom is -0.465 e. The quantitative estimate of drug-likeness (QED) is 0.419. The van der Waals surface area contributed by atoms with Crippen LogP contribution in [0.3, 0.4) is 0 Å². The molecule has 190 valence electrons. The van der Waals surface area contributed by atoms with Crippen LogP contribution in [0.5, 0.6) is 0 Å². The number of hydrogen-bond donors (Lipinski definition) is 2. The van der Waals surface area contributed by atoms with Gasteiger partial charge >= 0.3 is 12.1 Å². The van der Waals surface area contributed by atoms with Crippen LogP contribution in [0.1, 0.15) is 56.8 Å². The zero-order valence-corrected chi connectivity index (χ0v) is 21.1. The van der Waals surface area contributed by atoms with Crippen molar-refractivity contribution in [3.05, 3.63) is 59.9 Å². The summed E-state index contributed by atoms with van der Waals surface area (Å²) < 4.78 is 23.8. The largest absolute Gasteiger partial charge is 0.465 e. The Balaban J connectivity index is 1.55. The molecule has 1 saturated carbocycles. The van der Waals surface area contributed by atoms with Crippen LogP contribution in [-0.2, 0) is 9.47 Å². The van der Waals surface area contributed by atoms with Crippen LogP contribution in [0, 0.1) is 5.82 Å². The fourth-order valence-electron chi connectivity index (χ4n) is 4.44. The Morgan fingerprint density at radius 2 is 1.64 bits per heavy atom. The van der Waals surface area contributed by atoms with Gasteiger partial charge in [-0.1, -0.05) is 0 Å². The lowest BCUT2D eigenvalue weighted by Gasteiger charge is -2.31. The standard InChI is InChI=1S/C28H32FN3O4/c1-28(2,3)36-27(34)31-22-12-10-21(11-13-22)30-24-16-19-15-18(26(33)35-4)7-14-23(19)32-25(24)17-5-8-20(29)9-6-17/h5-9,14-16,21-22,30H,10-13H2,1-4H3,(H,31,34). The van der Waals surface area contributed by atoms with Gasteiger partial charge in [0.1, 0.15) is 11.4 Å². The smallest absolute Gasteiger partial charge is 0.407 e. The molecule has 0 atom stereocenters. The predicted molar refractivity (Wildman–Crippen MR) is 138 cm³/mol. The summed E-state index contributed by atoms with van der Waals surface area (Å²) in [5.41, 5.74) is 2.94. The van der Waals surface area contributed by atoms with Gasteiger partial charge in [-0.3, -0.25) is 0 Å². The van der Waals surface area contributed by atoms with E-state index in [0.717, 1.165) is 47.8 Å². The van der Waals surface area contributed by atoms with Crippen LogP contribution in [0.15, 0.2) is 48.5 Å². The van der Waals surface area contributed by atoms with Gasteiger partial charge < -0.3 is 20.1 Å². The minimum absolute atomic E-state index is 0.0619. The SMILES string of the molecule is COC(=O)c1ccc2nc(-c3ccc(F)cc3)c(NC3CCC(NC(=O)OC(C)(C)C)CC3)cc2c1. The van der Waals surface area contributed by atoms with Gasteiger partial charge in [-0.2, -0.15) is 0 Å². The molecule has 1 heterocycles. The van der Waals surface area contributed by atoms with Gasteiger partial charge in [0.15, 0.2) is 0 Å². The molecule has 1 aliphatic rings. The third-order valence-corrected chi connectivity index (χ3v) is 6.16. The van der Waals surface area contributed by atoms with Crippen molar-refractivity contribution < 1.29 is 23.5 Å². The monoisotopic (exact) mass is 493 g/mol. The number of amides is 1. The summed E-state index contributed by atoms with van der Waals surface area (Å²) in [7, 11) is 1.35. The normalized spacial score (nSPS) is 17.9. The zero-order chi connectivity index (χ0) is 25.9. The Morgan fingerprint density at radius 1 is 0.972 bits per heavy atom. The van der Waals surface area contributed by atoms with Crippen LogP contribution in [0.2, 0.25) is 0 Å². The molecule has 36 heavy (non-hydrogen) atoms. The van der Waals surface area contributed by atoms with Crippen LogP contribution < -0.4 is 10.6 Å². The molecule has 3 aromatic rings. The summed E-state index contributed by atoms with van der Waals surface area (Å²) >= 11 is 0. The van der Waals surface area contributed by atoms with Gasteiger partial charge in [0.25, 0.3) is 0 Å². The maximum atomic E-state index is 13.6. The molecule has 2 N–H and O–H groups in total. The number of hydrogen-bond acceptors (Lipinski definition) is 6. The highest BCUT2D eigenvalue weighted by atomic mass is 19.1. The van der Waals surface area contributed by atoms with Crippen molar-refractivity contribution in [3.63, 3.8) is 0 Å². The Kier molecular flexibility index (Phi) is 7.43. The number of carbonyl (C=O) groups is 2. The second-order valence-corrected chi connectivity index (χ2v) is 10.1. The van der Waals surface area contributed by atoms with Crippen molar-refractivity contribution in [1.82, 2.24) is 10.3 Å². The summed E-state index contributed by atoms with van der Waals surface area (Å²) in [6, 6.07) is 13.7. The summed E-state index contributed by atoms with van der Waals surface area (Å²) in [6.45, 7) is 5.54. The van der Waals surface area contributed by atoms with Gasteiger partial charge in [-0.05, 0) is 95.0 Å². The van der Waals surface area contributed by atoms with Crippen molar-refractivity contribution >= 4 is 28.7 Å². The Morgan fingerprint density at radius 3 is 2.28 bits per heavy atom. The van der Waals surface area contributed by atoms with Crippen molar-refractivity contribution in [2.24, 2.45) is 0 Å². The number of carbonyl (C=O) groups excluding carboxylic acids is 2. The van der Waals surface area contributed by atoms with Gasteiger partial charge in [-0.25, -0.2) is 19.0 Å². The molecule has 1 aromatic heterocycles. The average Bonchev–Trinajstić information content (AvgIpc) is 2.83.